The van der Waals surface area contributed by atoms with Crippen LogP contribution in [0.25, 0.3) is 0 Å². The minimum atomic E-state index is -0.133. The maximum absolute atomic E-state index is 12.4. The summed E-state index contributed by atoms with van der Waals surface area (Å²) >= 11 is 0. The number of nitrogens with zero attached hydrogens (tertiary/aromatic N) is 2. The average Bonchev–Trinajstić information content (AvgIpc) is 2.71. The van der Waals surface area contributed by atoms with Crippen molar-refractivity contribution in [2.24, 2.45) is 5.92 Å². The zero-order chi connectivity index (χ0) is 19.1. The van der Waals surface area contributed by atoms with Crippen LogP contribution in [0.15, 0.2) is 48.7 Å². The summed E-state index contributed by atoms with van der Waals surface area (Å²) in [7, 11) is 0. The highest BCUT2D eigenvalue weighted by molar-refractivity contribution is 5.80. The molecule has 1 aliphatic heterocycles. The molecule has 6 nitrogen and oxygen atoms in total. The summed E-state index contributed by atoms with van der Waals surface area (Å²) in [6.45, 7) is 3.65. The highest BCUT2D eigenvalue weighted by Crippen LogP contribution is 2.18. The van der Waals surface area contributed by atoms with Gasteiger partial charge in [0.05, 0.1) is 11.6 Å². The molecule has 1 atom stereocenters. The molecule has 2 heterocycles. The number of ether oxygens (including phenoxy) is 1. The molecule has 0 bridgehead atoms. The molecule has 0 saturated carbocycles. The standard InChI is InChI=1S/C21H25N3O3/c1-16(25)24-11-5-7-18(14-24)21(26)23-13-17-6-4-9-20(12-17)27-15-19-8-2-3-10-22-19/h2-4,6,8-10,12,18H,5,7,11,13-15H2,1H3,(H,23,26)/t18-/m1/s1. The summed E-state index contributed by atoms with van der Waals surface area (Å²) in [5, 5.41) is 2.98. The van der Waals surface area contributed by atoms with Crippen LogP contribution in [0.4, 0.5) is 0 Å². The Morgan fingerprint density at radius 1 is 1.26 bits per heavy atom. The fourth-order valence-electron chi connectivity index (χ4n) is 3.20. The third kappa shape index (κ3) is 5.54. The zero-order valence-electron chi connectivity index (χ0n) is 15.6. The van der Waals surface area contributed by atoms with Gasteiger partial charge in [-0.2, -0.15) is 0 Å². The SMILES string of the molecule is CC(=O)N1CCC[C@@H](C(=O)NCc2cccc(OCc3ccccn3)c2)C1. The first kappa shape index (κ1) is 18.9. The van der Waals surface area contributed by atoms with E-state index in [4.69, 9.17) is 4.74 Å². The van der Waals surface area contributed by atoms with Crippen LogP contribution in [0.5, 0.6) is 5.75 Å². The molecule has 1 aromatic heterocycles. The number of rotatable bonds is 6. The van der Waals surface area contributed by atoms with Gasteiger partial charge in [0.1, 0.15) is 12.4 Å². The molecular weight excluding hydrogens is 342 g/mol. The van der Waals surface area contributed by atoms with Crippen molar-refractivity contribution in [3.63, 3.8) is 0 Å². The minimum Gasteiger partial charge on any atom is -0.487 e. The number of hydrogen-bond donors (Lipinski definition) is 1. The van der Waals surface area contributed by atoms with Crippen molar-refractivity contribution in [1.29, 1.82) is 0 Å². The third-order valence-corrected chi connectivity index (χ3v) is 4.72. The molecule has 0 radical (unpaired) electrons. The Bertz CT molecular complexity index is 779. The largest absolute Gasteiger partial charge is 0.487 e. The molecule has 0 spiro atoms. The number of amides is 2. The van der Waals surface area contributed by atoms with Gasteiger partial charge in [0, 0.05) is 32.8 Å². The lowest BCUT2D eigenvalue weighted by Crippen LogP contribution is -2.44. The van der Waals surface area contributed by atoms with Gasteiger partial charge in [0.25, 0.3) is 0 Å². The molecule has 0 unspecified atom stereocenters. The predicted molar refractivity (Wildman–Crippen MR) is 102 cm³/mol. The molecule has 3 rings (SSSR count). The quantitative estimate of drug-likeness (QED) is 0.852. The number of piperidine rings is 1. The number of hydrogen-bond acceptors (Lipinski definition) is 4. The van der Waals surface area contributed by atoms with Gasteiger partial charge in [-0.15, -0.1) is 0 Å². The second-order valence-corrected chi connectivity index (χ2v) is 6.78. The van der Waals surface area contributed by atoms with Crippen LogP contribution in [0.2, 0.25) is 0 Å². The number of nitrogens with one attached hydrogen (secondary N) is 1. The Balaban J connectivity index is 1.50. The summed E-state index contributed by atoms with van der Waals surface area (Å²) in [4.78, 5) is 30.0. The van der Waals surface area contributed by atoms with Crippen LogP contribution in [0, 0.1) is 5.92 Å². The second kappa shape index (κ2) is 9.16. The molecule has 2 amide bonds. The fraction of sp³-hybridized carbons (Fsp3) is 0.381. The molecule has 1 N–H and O–H groups in total. The van der Waals surface area contributed by atoms with Gasteiger partial charge < -0.3 is 15.0 Å². The van der Waals surface area contributed by atoms with Gasteiger partial charge >= 0.3 is 0 Å². The monoisotopic (exact) mass is 367 g/mol. The lowest BCUT2D eigenvalue weighted by atomic mass is 9.97. The Morgan fingerprint density at radius 3 is 2.93 bits per heavy atom. The number of carbonyl (C=O) groups is 2. The summed E-state index contributed by atoms with van der Waals surface area (Å²) in [5.74, 6) is 0.644. The van der Waals surface area contributed by atoms with Gasteiger partial charge in [-0.05, 0) is 42.7 Å². The van der Waals surface area contributed by atoms with Gasteiger partial charge in [0.15, 0.2) is 0 Å². The summed E-state index contributed by atoms with van der Waals surface area (Å²) in [5.41, 5.74) is 1.84. The molecule has 6 heteroatoms. The number of carbonyl (C=O) groups excluding carboxylic acids is 2. The first-order valence-electron chi connectivity index (χ1n) is 9.26. The summed E-state index contributed by atoms with van der Waals surface area (Å²) in [6, 6.07) is 13.4. The van der Waals surface area contributed by atoms with E-state index in [1.807, 2.05) is 42.5 Å². The van der Waals surface area contributed by atoms with Crippen LogP contribution in [0.1, 0.15) is 31.0 Å². The maximum atomic E-state index is 12.4. The highest BCUT2D eigenvalue weighted by atomic mass is 16.5. The van der Waals surface area contributed by atoms with Crippen LogP contribution < -0.4 is 10.1 Å². The van der Waals surface area contributed by atoms with Crippen molar-refractivity contribution in [3.05, 3.63) is 59.9 Å². The van der Waals surface area contributed by atoms with Crippen LogP contribution in [-0.2, 0) is 22.7 Å². The highest BCUT2D eigenvalue weighted by Gasteiger charge is 2.26. The van der Waals surface area contributed by atoms with Gasteiger partial charge in [0.2, 0.25) is 11.8 Å². The second-order valence-electron chi connectivity index (χ2n) is 6.78. The number of pyridine rings is 1. The van der Waals surface area contributed by atoms with E-state index in [1.165, 1.54) is 0 Å². The van der Waals surface area contributed by atoms with Crippen molar-refractivity contribution >= 4 is 11.8 Å². The Labute approximate surface area is 159 Å². The molecule has 0 aliphatic carbocycles. The van der Waals surface area contributed by atoms with E-state index >= 15 is 0 Å². The average molecular weight is 367 g/mol. The number of likely N-dealkylation sites (tertiary alicyclic amines) is 1. The van der Waals surface area contributed by atoms with Crippen molar-refractivity contribution in [3.8, 4) is 5.75 Å². The molecule has 142 valence electrons. The van der Waals surface area contributed by atoms with E-state index < -0.39 is 0 Å². The first-order valence-corrected chi connectivity index (χ1v) is 9.26. The maximum Gasteiger partial charge on any atom is 0.225 e. The van der Waals surface area contributed by atoms with Gasteiger partial charge in [-0.3, -0.25) is 14.6 Å². The number of benzene rings is 1. The van der Waals surface area contributed by atoms with E-state index in [0.717, 1.165) is 36.4 Å². The molecule has 2 aromatic rings. The van der Waals surface area contributed by atoms with E-state index in [9.17, 15) is 9.59 Å². The lowest BCUT2D eigenvalue weighted by Gasteiger charge is -2.31. The van der Waals surface area contributed by atoms with Crippen LogP contribution in [-0.4, -0.2) is 34.8 Å². The molecule has 1 fully saturated rings. The smallest absolute Gasteiger partial charge is 0.225 e. The van der Waals surface area contributed by atoms with Crippen molar-refractivity contribution in [1.82, 2.24) is 15.2 Å². The topological polar surface area (TPSA) is 71.5 Å². The van der Waals surface area contributed by atoms with E-state index in [2.05, 4.69) is 10.3 Å². The van der Waals surface area contributed by atoms with E-state index in [1.54, 1.807) is 18.0 Å². The normalized spacial score (nSPS) is 16.6. The molecular formula is C21H25N3O3. The Morgan fingerprint density at radius 2 is 2.15 bits per heavy atom. The minimum absolute atomic E-state index is 0.000701. The first-order chi connectivity index (χ1) is 13.1. The number of aromatic nitrogens is 1. The third-order valence-electron chi connectivity index (χ3n) is 4.72. The lowest BCUT2D eigenvalue weighted by molar-refractivity contribution is -0.134. The van der Waals surface area contributed by atoms with Crippen LogP contribution in [0.3, 0.4) is 0 Å². The Hall–Kier alpha value is -2.89. The van der Waals surface area contributed by atoms with Crippen molar-refractivity contribution in [2.75, 3.05) is 13.1 Å². The Kier molecular flexibility index (Phi) is 6.41. The fourth-order valence-corrected chi connectivity index (χ4v) is 3.20. The van der Waals surface area contributed by atoms with Gasteiger partial charge in [-0.1, -0.05) is 18.2 Å². The van der Waals surface area contributed by atoms with E-state index in [-0.39, 0.29) is 17.7 Å². The molecule has 1 saturated heterocycles. The van der Waals surface area contributed by atoms with Crippen molar-refractivity contribution in [2.45, 2.75) is 32.9 Å². The van der Waals surface area contributed by atoms with Gasteiger partial charge in [-0.25, -0.2) is 0 Å². The zero-order valence-corrected chi connectivity index (χ0v) is 15.6. The molecule has 27 heavy (non-hydrogen) atoms. The van der Waals surface area contributed by atoms with Crippen molar-refractivity contribution < 1.29 is 14.3 Å². The van der Waals surface area contributed by atoms with E-state index in [0.29, 0.717) is 19.7 Å². The van der Waals surface area contributed by atoms with Crippen LogP contribution >= 0.6 is 0 Å². The summed E-state index contributed by atoms with van der Waals surface area (Å²) < 4.78 is 5.78. The molecule has 1 aliphatic rings. The molecule has 1 aromatic carbocycles. The summed E-state index contributed by atoms with van der Waals surface area (Å²) in [6.07, 6.45) is 3.43. The predicted octanol–water partition coefficient (Wildman–Crippen LogP) is 2.54.